The molecule has 0 spiro atoms. The number of nitrogens with one attached hydrogen (secondary N) is 1. The van der Waals surface area contributed by atoms with Gasteiger partial charge in [-0.15, -0.1) is 0 Å². The fourth-order valence-corrected chi connectivity index (χ4v) is 8.93. The number of hydrogen-bond acceptors (Lipinski definition) is 4. The van der Waals surface area contributed by atoms with E-state index >= 15 is 0 Å². The molecule has 0 bridgehead atoms. The minimum Gasteiger partial charge on any atom is -0.456 e. The van der Waals surface area contributed by atoms with Crippen LogP contribution in [0.15, 0.2) is 147 Å². The van der Waals surface area contributed by atoms with Crippen molar-refractivity contribution in [2.75, 3.05) is 5.32 Å². The largest absolute Gasteiger partial charge is 0.456 e. The van der Waals surface area contributed by atoms with E-state index in [1.54, 1.807) is 0 Å². The maximum absolute atomic E-state index is 6.68. The Balaban J connectivity index is 1.13. The molecule has 1 unspecified atom stereocenters. The van der Waals surface area contributed by atoms with Crippen molar-refractivity contribution in [3.8, 4) is 11.1 Å². The number of nitrogens with zero attached hydrogens (tertiary/aromatic N) is 1. The van der Waals surface area contributed by atoms with Crippen molar-refractivity contribution in [2.45, 2.75) is 10.4 Å². The lowest BCUT2D eigenvalue weighted by atomic mass is 9.99. The molecular formula is C41H24N2O2S. The predicted molar refractivity (Wildman–Crippen MR) is 192 cm³/mol. The number of thioether (sulfide) groups is 1. The number of para-hydroxylation sites is 3. The van der Waals surface area contributed by atoms with E-state index < -0.39 is 0 Å². The average Bonchev–Trinajstić information content (AvgIpc) is 3.87. The van der Waals surface area contributed by atoms with E-state index in [-0.39, 0.29) is 5.50 Å². The van der Waals surface area contributed by atoms with Gasteiger partial charge < -0.3 is 18.7 Å². The van der Waals surface area contributed by atoms with Crippen LogP contribution in [0.4, 0.5) is 5.69 Å². The molecule has 7 aromatic carbocycles. The minimum atomic E-state index is -0.0594. The van der Waals surface area contributed by atoms with Crippen LogP contribution in [0.3, 0.4) is 0 Å². The number of anilines is 1. The van der Waals surface area contributed by atoms with Gasteiger partial charge in [0.15, 0.2) is 5.50 Å². The molecule has 1 atom stereocenters. The summed E-state index contributed by atoms with van der Waals surface area (Å²) in [7, 11) is 0. The van der Waals surface area contributed by atoms with Gasteiger partial charge >= 0.3 is 0 Å². The molecule has 5 heteroatoms. The van der Waals surface area contributed by atoms with Gasteiger partial charge in [-0.1, -0.05) is 103 Å². The summed E-state index contributed by atoms with van der Waals surface area (Å²) >= 11 is 1.85. The zero-order chi connectivity index (χ0) is 29.9. The summed E-state index contributed by atoms with van der Waals surface area (Å²) < 4.78 is 15.5. The predicted octanol–water partition coefficient (Wildman–Crippen LogP) is 12.1. The molecule has 10 aromatic rings. The Morgan fingerprint density at radius 3 is 2.30 bits per heavy atom. The fraction of sp³-hybridized carbons (Fsp3) is 0.0244. The van der Waals surface area contributed by atoms with Crippen LogP contribution in [0.2, 0.25) is 0 Å². The fourth-order valence-electron chi connectivity index (χ4n) is 7.61. The highest BCUT2D eigenvalue weighted by molar-refractivity contribution is 8.00. The van der Waals surface area contributed by atoms with Gasteiger partial charge in [0, 0.05) is 37.4 Å². The van der Waals surface area contributed by atoms with Gasteiger partial charge in [-0.3, -0.25) is 0 Å². The highest BCUT2D eigenvalue weighted by atomic mass is 32.2. The molecule has 0 saturated heterocycles. The second-order valence-corrected chi connectivity index (χ2v) is 13.2. The summed E-state index contributed by atoms with van der Waals surface area (Å²) in [4.78, 5) is 1.21. The summed E-state index contributed by atoms with van der Waals surface area (Å²) in [5.74, 6) is 0. The first-order valence-electron chi connectivity index (χ1n) is 15.5. The van der Waals surface area contributed by atoms with Crippen LogP contribution in [0.5, 0.6) is 0 Å². The zero-order valence-corrected chi connectivity index (χ0v) is 25.3. The Labute approximate surface area is 266 Å². The van der Waals surface area contributed by atoms with Crippen molar-refractivity contribution in [3.05, 3.63) is 133 Å². The molecule has 46 heavy (non-hydrogen) atoms. The van der Waals surface area contributed by atoms with E-state index in [0.29, 0.717) is 0 Å². The van der Waals surface area contributed by atoms with Crippen LogP contribution in [-0.4, -0.2) is 4.57 Å². The molecule has 0 amide bonds. The lowest BCUT2D eigenvalue weighted by Crippen LogP contribution is -2.10. The number of benzene rings is 7. The van der Waals surface area contributed by atoms with E-state index in [2.05, 4.69) is 137 Å². The normalized spacial score (nSPS) is 14.8. The molecule has 4 nitrogen and oxygen atoms in total. The van der Waals surface area contributed by atoms with Crippen LogP contribution in [0, 0.1) is 0 Å². The number of furan rings is 2. The molecule has 0 aliphatic carbocycles. The maximum atomic E-state index is 6.68. The molecule has 1 N–H and O–H groups in total. The van der Waals surface area contributed by atoms with Crippen molar-refractivity contribution in [2.24, 2.45) is 0 Å². The molecular weight excluding hydrogens is 585 g/mol. The van der Waals surface area contributed by atoms with Crippen LogP contribution in [0.1, 0.15) is 5.50 Å². The molecule has 0 fully saturated rings. The van der Waals surface area contributed by atoms with E-state index in [1.807, 2.05) is 17.8 Å². The lowest BCUT2D eigenvalue weighted by molar-refractivity contribution is 0.669. The second-order valence-electron chi connectivity index (χ2n) is 12.1. The van der Waals surface area contributed by atoms with Crippen molar-refractivity contribution >= 4 is 93.9 Å². The van der Waals surface area contributed by atoms with Gasteiger partial charge in [0.1, 0.15) is 22.3 Å². The number of rotatable bonds is 2. The molecule has 11 rings (SSSR count). The third-order valence-electron chi connectivity index (χ3n) is 9.63. The van der Waals surface area contributed by atoms with Gasteiger partial charge in [0.2, 0.25) is 0 Å². The molecule has 0 radical (unpaired) electrons. The summed E-state index contributed by atoms with van der Waals surface area (Å²) in [5, 5.41) is 13.4. The quantitative estimate of drug-likeness (QED) is 0.212. The van der Waals surface area contributed by atoms with E-state index in [4.69, 9.17) is 8.83 Å². The van der Waals surface area contributed by atoms with Gasteiger partial charge in [0.25, 0.3) is 0 Å². The Morgan fingerprint density at radius 1 is 0.565 bits per heavy atom. The first-order valence-corrected chi connectivity index (χ1v) is 16.4. The number of aromatic nitrogens is 1. The van der Waals surface area contributed by atoms with Crippen molar-refractivity contribution in [1.82, 2.24) is 4.57 Å². The molecule has 216 valence electrons. The van der Waals surface area contributed by atoms with Crippen molar-refractivity contribution in [1.29, 1.82) is 0 Å². The third kappa shape index (κ3) is 3.25. The molecule has 0 saturated carbocycles. The van der Waals surface area contributed by atoms with Gasteiger partial charge in [-0.05, 0) is 58.8 Å². The molecule has 3 aromatic heterocycles. The smallest absolute Gasteiger partial charge is 0.157 e. The highest BCUT2D eigenvalue weighted by Crippen LogP contribution is 2.53. The van der Waals surface area contributed by atoms with Crippen LogP contribution in [-0.2, 0) is 0 Å². The second kappa shape index (κ2) is 8.96. The monoisotopic (exact) mass is 608 g/mol. The van der Waals surface area contributed by atoms with E-state index in [1.165, 1.54) is 37.5 Å². The molecule has 1 aliphatic heterocycles. The third-order valence-corrected chi connectivity index (χ3v) is 10.8. The average molecular weight is 609 g/mol. The molecule has 4 heterocycles. The standard InChI is InChI=1S/C41H24N2O2S/c1-2-9-24-22-25(17-16-23(24)8-1)26-12-7-13-30-37-35(45-39(26)30)21-19-31-40(37)46-41(42-31)43-32-14-5-3-10-27(32)28-18-20-34-36(38(28)43)29-11-4-6-15-33(29)44-34/h1-22,41-42H. The van der Waals surface area contributed by atoms with Gasteiger partial charge in [-0.2, -0.15) is 0 Å². The number of hydrogen-bond donors (Lipinski definition) is 1. The van der Waals surface area contributed by atoms with E-state index in [0.717, 1.165) is 60.7 Å². The van der Waals surface area contributed by atoms with Crippen molar-refractivity contribution < 1.29 is 8.83 Å². The van der Waals surface area contributed by atoms with Crippen LogP contribution >= 0.6 is 11.8 Å². The Bertz CT molecular complexity index is 2890. The lowest BCUT2D eigenvalue weighted by Gasteiger charge is -2.16. The van der Waals surface area contributed by atoms with E-state index in [9.17, 15) is 0 Å². The van der Waals surface area contributed by atoms with Gasteiger partial charge in [0.05, 0.1) is 22.1 Å². The van der Waals surface area contributed by atoms with Crippen LogP contribution < -0.4 is 5.32 Å². The van der Waals surface area contributed by atoms with Crippen LogP contribution in [0.25, 0.3) is 87.6 Å². The minimum absolute atomic E-state index is 0.0594. The topological polar surface area (TPSA) is 43.2 Å². The Kier molecular flexibility index (Phi) is 4.80. The summed E-state index contributed by atoms with van der Waals surface area (Å²) in [6, 6.07) is 47.3. The molecule has 1 aliphatic rings. The SMILES string of the molecule is c1ccc2cc(-c3cccc4c3oc3ccc5c(c34)SC(n3c4ccccc4c4ccc6oc7ccccc7c6c43)N5)ccc2c1. The zero-order valence-electron chi connectivity index (χ0n) is 24.5. The first kappa shape index (κ1) is 24.6. The first-order chi connectivity index (χ1) is 22.8. The number of fused-ring (bicyclic) bond motifs is 13. The Hall–Kier alpha value is -5.65. The summed E-state index contributed by atoms with van der Waals surface area (Å²) in [6.45, 7) is 0. The maximum Gasteiger partial charge on any atom is 0.157 e. The van der Waals surface area contributed by atoms with Crippen molar-refractivity contribution in [3.63, 3.8) is 0 Å². The summed E-state index contributed by atoms with van der Waals surface area (Å²) in [5.41, 5.74) is 9.35. The summed E-state index contributed by atoms with van der Waals surface area (Å²) in [6.07, 6.45) is 0. The highest BCUT2D eigenvalue weighted by Gasteiger charge is 2.31. The Morgan fingerprint density at radius 2 is 1.35 bits per heavy atom. The van der Waals surface area contributed by atoms with Gasteiger partial charge in [-0.25, -0.2) is 0 Å².